The van der Waals surface area contributed by atoms with Crippen molar-refractivity contribution in [3.63, 3.8) is 0 Å². The summed E-state index contributed by atoms with van der Waals surface area (Å²) in [6, 6.07) is 6.66. The Balaban J connectivity index is 2.20. The summed E-state index contributed by atoms with van der Waals surface area (Å²) < 4.78 is 27.1. The molecule has 2 amide bonds. The predicted molar refractivity (Wildman–Crippen MR) is 89.0 cm³/mol. The van der Waals surface area contributed by atoms with Crippen LogP contribution in [0.15, 0.2) is 36.4 Å². The first-order valence-corrected chi connectivity index (χ1v) is 7.58. The van der Waals surface area contributed by atoms with Gasteiger partial charge in [-0.1, -0.05) is 12.1 Å². The lowest BCUT2D eigenvalue weighted by atomic mass is 10.0. The minimum atomic E-state index is -0.968. The van der Waals surface area contributed by atoms with E-state index >= 15 is 0 Å². The average Bonchev–Trinajstić information content (AvgIpc) is 2.50. The maximum atomic E-state index is 14.0. The van der Waals surface area contributed by atoms with E-state index in [2.05, 4.69) is 10.6 Å². The van der Waals surface area contributed by atoms with E-state index in [9.17, 15) is 23.5 Å². The normalized spacial score (nSPS) is 11.7. The van der Waals surface area contributed by atoms with Crippen molar-refractivity contribution in [3.8, 4) is 5.75 Å². The van der Waals surface area contributed by atoms with E-state index in [1.165, 1.54) is 19.1 Å². The van der Waals surface area contributed by atoms with Crippen molar-refractivity contribution in [2.24, 2.45) is 0 Å². The molecule has 0 aliphatic carbocycles. The Morgan fingerprint density at radius 3 is 2.52 bits per heavy atom. The molecule has 2 rings (SSSR count). The summed E-state index contributed by atoms with van der Waals surface area (Å²) in [5.41, 5.74) is 1.04. The Morgan fingerprint density at radius 1 is 1.16 bits per heavy atom. The van der Waals surface area contributed by atoms with Crippen LogP contribution < -0.4 is 10.6 Å². The molecule has 1 atom stereocenters. The van der Waals surface area contributed by atoms with Gasteiger partial charge in [-0.2, -0.15) is 0 Å². The van der Waals surface area contributed by atoms with Crippen molar-refractivity contribution in [2.75, 3.05) is 5.32 Å². The van der Waals surface area contributed by atoms with Gasteiger partial charge in [0.15, 0.2) is 0 Å². The molecule has 0 spiro atoms. The van der Waals surface area contributed by atoms with Gasteiger partial charge in [0.05, 0.1) is 18.2 Å². The summed E-state index contributed by atoms with van der Waals surface area (Å²) >= 11 is 0. The van der Waals surface area contributed by atoms with E-state index in [-0.39, 0.29) is 23.4 Å². The van der Waals surface area contributed by atoms with Gasteiger partial charge in [0.1, 0.15) is 17.4 Å². The first-order valence-electron chi connectivity index (χ1n) is 7.58. The second-order valence-electron chi connectivity index (χ2n) is 5.69. The Bertz CT molecular complexity index is 809. The molecule has 0 aromatic heterocycles. The van der Waals surface area contributed by atoms with Crippen LogP contribution in [-0.4, -0.2) is 16.9 Å². The molecule has 2 aromatic rings. The molecule has 2 aromatic carbocycles. The first kappa shape index (κ1) is 18.4. The summed E-state index contributed by atoms with van der Waals surface area (Å²) in [6.45, 7) is 3.03. The second-order valence-corrected chi connectivity index (χ2v) is 5.69. The fraction of sp³-hybridized carbons (Fsp3) is 0.222. The zero-order valence-electron chi connectivity index (χ0n) is 13.8. The molecule has 25 heavy (non-hydrogen) atoms. The lowest BCUT2D eigenvalue weighted by molar-refractivity contribution is -0.120. The Morgan fingerprint density at radius 2 is 1.88 bits per heavy atom. The molecular formula is C18H18F2N2O3. The van der Waals surface area contributed by atoms with Gasteiger partial charge < -0.3 is 15.7 Å². The molecule has 0 aliphatic rings. The quantitative estimate of drug-likeness (QED) is 0.726. The Hall–Kier alpha value is -2.96. The number of aromatic hydroxyl groups is 1. The van der Waals surface area contributed by atoms with Gasteiger partial charge in [-0.05, 0) is 30.7 Å². The molecule has 0 fully saturated rings. The number of amides is 2. The largest absolute Gasteiger partial charge is 0.506 e. The van der Waals surface area contributed by atoms with Gasteiger partial charge in [-0.3, -0.25) is 9.59 Å². The zero-order valence-corrected chi connectivity index (χ0v) is 13.8. The van der Waals surface area contributed by atoms with Crippen molar-refractivity contribution in [2.45, 2.75) is 26.3 Å². The number of carbonyl (C=O) groups excluding carboxylic acids is 2. The number of benzene rings is 2. The van der Waals surface area contributed by atoms with Gasteiger partial charge in [0, 0.05) is 18.6 Å². The van der Waals surface area contributed by atoms with Crippen molar-refractivity contribution >= 4 is 17.5 Å². The number of hydrogen-bond donors (Lipinski definition) is 3. The fourth-order valence-electron chi connectivity index (χ4n) is 2.40. The maximum Gasteiger partial charge on any atom is 0.226 e. The van der Waals surface area contributed by atoms with Gasteiger partial charge in [-0.15, -0.1) is 0 Å². The van der Waals surface area contributed by atoms with Crippen LogP contribution in [0.3, 0.4) is 0 Å². The highest BCUT2D eigenvalue weighted by molar-refractivity contribution is 5.93. The lowest BCUT2D eigenvalue weighted by Gasteiger charge is -2.19. The summed E-state index contributed by atoms with van der Waals surface area (Å²) in [5.74, 6) is -2.71. The Labute approximate surface area is 143 Å². The third kappa shape index (κ3) is 5.00. The molecule has 0 saturated heterocycles. The van der Waals surface area contributed by atoms with Crippen LogP contribution in [0.5, 0.6) is 5.75 Å². The standard InChI is InChI=1S/C18H18F2N2O3/c1-10-3-6-17(24)16(7-10)22-18(25)9-15(21-11(2)23)13-5-4-12(19)8-14(13)20/h3-8,15,24H,9H2,1-2H3,(H,21,23)(H,22,25). The number of carbonyl (C=O) groups is 2. The highest BCUT2D eigenvalue weighted by atomic mass is 19.1. The number of nitrogens with one attached hydrogen (secondary N) is 2. The van der Waals surface area contributed by atoms with Gasteiger partial charge >= 0.3 is 0 Å². The minimum absolute atomic E-state index is 0.000198. The number of phenols is 1. The lowest BCUT2D eigenvalue weighted by Crippen LogP contribution is -2.30. The summed E-state index contributed by atoms with van der Waals surface area (Å²) in [7, 11) is 0. The van der Waals surface area contributed by atoms with Gasteiger partial charge in [0.2, 0.25) is 11.8 Å². The SMILES string of the molecule is CC(=O)NC(CC(=O)Nc1cc(C)ccc1O)c1ccc(F)cc1F. The van der Waals surface area contributed by atoms with Crippen molar-refractivity contribution in [1.82, 2.24) is 5.32 Å². The van der Waals surface area contributed by atoms with Crippen molar-refractivity contribution < 1.29 is 23.5 Å². The third-order valence-corrected chi connectivity index (χ3v) is 3.53. The van der Waals surface area contributed by atoms with E-state index in [0.29, 0.717) is 6.07 Å². The monoisotopic (exact) mass is 348 g/mol. The topological polar surface area (TPSA) is 78.4 Å². The number of anilines is 1. The van der Waals surface area contributed by atoms with Crippen LogP contribution in [0.4, 0.5) is 14.5 Å². The van der Waals surface area contributed by atoms with Crippen LogP contribution in [0.1, 0.15) is 30.5 Å². The number of halogens is 2. The molecule has 0 aliphatic heterocycles. The molecule has 132 valence electrons. The molecule has 3 N–H and O–H groups in total. The van der Waals surface area contributed by atoms with E-state index in [1.807, 2.05) is 0 Å². The molecule has 0 heterocycles. The van der Waals surface area contributed by atoms with E-state index in [4.69, 9.17) is 0 Å². The van der Waals surface area contributed by atoms with E-state index in [0.717, 1.165) is 11.6 Å². The molecular weight excluding hydrogens is 330 g/mol. The van der Waals surface area contributed by atoms with Gasteiger partial charge in [-0.25, -0.2) is 8.78 Å². The molecule has 7 heteroatoms. The van der Waals surface area contributed by atoms with Crippen LogP contribution in [0.25, 0.3) is 0 Å². The number of hydrogen-bond acceptors (Lipinski definition) is 3. The third-order valence-electron chi connectivity index (χ3n) is 3.53. The highest BCUT2D eigenvalue weighted by Crippen LogP contribution is 2.26. The molecule has 0 radical (unpaired) electrons. The fourth-order valence-corrected chi connectivity index (χ4v) is 2.40. The van der Waals surface area contributed by atoms with E-state index < -0.39 is 29.5 Å². The molecule has 0 bridgehead atoms. The summed E-state index contributed by atoms with van der Waals surface area (Å²) in [6.07, 6.45) is -0.282. The highest BCUT2D eigenvalue weighted by Gasteiger charge is 2.21. The van der Waals surface area contributed by atoms with Crippen LogP contribution in [0, 0.1) is 18.6 Å². The number of rotatable bonds is 5. The number of phenolic OH excluding ortho intramolecular Hbond substituents is 1. The average molecular weight is 348 g/mol. The molecule has 0 saturated carbocycles. The summed E-state index contributed by atoms with van der Waals surface area (Å²) in [5, 5.41) is 14.8. The first-order chi connectivity index (χ1) is 11.8. The zero-order chi connectivity index (χ0) is 18.6. The minimum Gasteiger partial charge on any atom is -0.506 e. The molecule has 5 nitrogen and oxygen atoms in total. The van der Waals surface area contributed by atoms with E-state index in [1.54, 1.807) is 19.1 Å². The van der Waals surface area contributed by atoms with Crippen molar-refractivity contribution in [1.29, 1.82) is 0 Å². The molecule has 1 unspecified atom stereocenters. The van der Waals surface area contributed by atoms with Crippen LogP contribution in [0.2, 0.25) is 0 Å². The van der Waals surface area contributed by atoms with Crippen molar-refractivity contribution in [3.05, 3.63) is 59.2 Å². The maximum absolute atomic E-state index is 14.0. The van der Waals surface area contributed by atoms with Gasteiger partial charge in [0.25, 0.3) is 0 Å². The summed E-state index contributed by atoms with van der Waals surface area (Å²) in [4.78, 5) is 23.6. The van der Waals surface area contributed by atoms with Crippen LogP contribution >= 0.6 is 0 Å². The second kappa shape index (κ2) is 7.74. The Kier molecular flexibility index (Phi) is 5.69. The number of aryl methyl sites for hydroxylation is 1. The smallest absolute Gasteiger partial charge is 0.226 e. The van der Waals surface area contributed by atoms with Crippen LogP contribution in [-0.2, 0) is 9.59 Å². The predicted octanol–water partition coefficient (Wildman–Crippen LogP) is 3.18.